The van der Waals surface area contributed by atoms with Gasteiger partial charge in [-0.1, -0.05) is 25.1 Å². The first-order valence-corrected chi connectivity index (χ1v) is 5.36. The van der Waals surface area contributed by atoms with E-state index in [1.165, 1.54) is 0 Å². The van der Waals surface area contributed by atoms with E-state index in [0.29, 0.717) is 11.6 Å². The normalized spacial score (nSPS) is 10.0. The molecular formula is C12H16ClNO. The van der Waals surface area contributed by atoms with Crippen molar-refractivity contribution in [3.63, 3.8) is 0 Å². The summed E-state index contributed by atoms with van der Waals surface area (Å²) in [6, 6.07) is 7.32. The summed E-state index contributed by atoms with van der Waals surface area (Å²) in [5.41, 5.74) is 1.03. The van der Waals surface area contributed by atoms with Crippen LogP contribution in [0.15, 0.2) is 36.4 Å². The summed E-state index contributed by atoms with van der Waals surface area (Å²) < 4.78 is 5.52. The van der Waals surface area contributed by atoms with Gasteiger partial charge in [-0.05, 0) is 36.4 Å². The third kappa shape index (κ3) is 4.86. The highest BCUT2D eigenvalue weighted by Gasteiger charge is 1.96. The van der Waals surface area contributed by atoms with Gasteiger partial charge >= 0.3 is 0 Å². The van der Waals surface area contributed by atoms with E-state index in [1.54, 1.807) is 0 Å². The number of rotatable bonds is 6. The van der Waals surface area contributed by atoms with Crippen molar-refractivity contribution < 1.29 is 4.74 Å². The zero-order chi connectivity index (χ0) is 11.1. The molecule has 0 aliphatic heterocycles. The van der Waals surface area contributed by atoms with E-state index in [0.717, 1.165) is 24.4 Å². The second kappa shape index (κ2) is 6.49. The van der Waals surface area contributed by atoms with Crippen LogP contribution in [0.1, 0.15) is 6.92 Å². The number of benzene rings is 1. The van der Waals surface area contributed by atoms with Gasteiger partial charge < -0.3 is 10.1 Å². The van der Waals surface area contributed by atoms with E-state index in [1.807, 2.05) is 24.3 Å². The molecule has 0 saturated heterocycles. The molecule has 0 amide bonds. The zero-order valence-corrected chi connectivity index (χ0v) is 9.68. The molecule has 0 aliphatic rings. The van der Waals surface area contributed by atoms with Gasteiger partial charge in [-0.2, -0.15) is 0 Å². The van der Waals surface area contributed by atoms with Crippen LogP contribution in [0.4, 0.5) is 0 Å². The Morgan fingerprint density at radius 2 is 2.07 bits per heavy atom. The summed E-state index contributed by atoms with van der Waals surface area (Å²) in [6.07, 6.45) is 0. The van der Waals surface area contributed by atoms with Gasteiger partial charge in [0.25, 0.3) is 0 Å². The Balaban J connectivity index is 2.30. The van der Waals surface area contributed by atoms with Crippen LogP contribution in [0.3, 0.4) is 0 Å². The van der Waals surface area contributed by atoms with E-state index in [9.17, 15) is 0 Å². The summed E-state index contributed by atoms with van der Waals surface area (Å²) in [5, 5.41) is 3.91. The molecule has 0 unspecified atom stereocenters. The molecular weight excluding hydrogens is 210 g/mol. The Hall–Kier alpha value is -0.990. The summed E-state index contributed by atoms with van der Waals surface area (Å²) >= 11 is 5.76. The number of nitrogens with one attached hydrogen (secondary N) is 1. The molecule has 82 valence electrons. The first kappa shape index (κ1) is 12.1. The molecule has 0 spiro atoms. The number of likely N-dealkylation sites (N-methyl/N-ethyl adjacent to an activating group) is 1. The Labute approximate surface area is 95.9 Å². The van der Waals surface area contributed by atoms with Crippen molar-refractivity contribution in [2.75, 3.05) is 19.7 Å². The Morgan fingerprint density at radius 1 is 1.40 bits per heavy atom. The van der Waals surface area contributed by atoms with Gasteiger partial charge in [-0.15, -0.1) is 0 Å². The lowest BCUT2D eigenvalue weighted by Gasteiger charge is -2.08. The summed E-state index contributed by atoms with van der Waals surface area (Å²) in [6.45, 7) is 8.25. The average molecular weight is 226 g/mol. The highest BCUT2D eigenvalue weighted by Crippen LogP contribution is 2.15. The molecule has 0 heterocycles. The number of hydrogen-bond acceptors (Lipinski definition) is 2. The highest BCUT2D eigenvalue weighted by atomic mass is 35.5. The van der Waals surface area contributed by atoms with E-state index in [2.05, 4.69) is 18.8 Å². The molecule has 0 atom stereocenters. The standard InChI is InChI=1S/C12H16ClNO/c1-3-14-8-10(2)9-15-12-6-4-11(13)5-7-12/h4-7,14H,2-3,8-9H2,1H3. The predicted molar refractivity (Wildman–Crippen MR) is 64.6 cm³/mol. The molecule has 0 bridgehead atoms. The van der Waals surface area contributed by atoms with E-state index < -0.39 is 0 Å². The molecule has 1 N–H and O–H groups in total. The zero-order valence-electron chi connectivity index (χ0n) is 8.92. The van der Waals surface area contributed by atoms with Gasteiger partial charge in [0.1, 0.15) is 12.4 Å². The van der Waals surface area contributed by atoms with Crippen LogP contribution in [-0.4, -0.2) is 19.7 Å². The van der Waals surface area contributed by atoms with Crippen molar-refractivity contribution in [1.29, 1.82) is 0 Å². The van der Waals surface area contributed by atoms with Crippen LogP contribution >= 0.6 is 11.6 Å². The van der Waals surface area contributed by atoms with Gasteiger partial charge in [-0.3, -0.25) is 0 Å². The largest absolute Gasteiger partial charge is 0.489 e. The van der Waals surface area contributed by atoms with Crippen LogP contribution in [0, 0.1) is 0 Å². The molecule has 0 aromatic heterocycles. The van der Waals surface area contributed by atoms with Crippen molar-refractivity contribution >= 4 is 11.6 Å². The predicted octanol–water partition coefficient (Wildman–Crippen LogP) is 2.88. The lowest BCUT2D eigenvalue weighted by atomic mass is 10.3. The van der Waals surface area contributed by atoms with Crippen LogP contribution in [0.2, 0.25) is 5.02 Å². The lowest BCUT2D eigenvalue weighted by Crippen LogP contribution is -2.18. The Morgan fingerprint density at radius 3 is 2.67 bits per heavy atom. The molecule has 1 aromatic carbocycles. The molecule has 15 heavy (non-hydrogen) atoms. The summed E-state index contributed by atoms with van der Waals surface area (Å²) in [4.78, 5) is 0. The minimum atomic E-state index is 0.536. The van der Waals surface area contributed by atoms with E-state index >= 15 is 0 Å². The van der Waals surface area contributed by atoms with Gasteiger partial charge in [0.15, 0.2) is 0 Å². The van der Waals surface area contributed by atoms with Crippen molar-refractivity contribution in [2.24, 2.45) is 0 Å². The quantitative estimate of drug-likeness (QED) is 0.752. The van der Waals surface area contributed by atoms with Gasteiger partial charge in [0.2, 0.25) is 0 Å². The second-order valence-electron chi connectivity index (χ2n) is 3.27. The maximum absolute atomic E-state index is 5.76. The monoisotopic (exact) mass is 225 g/mol. The summed E-state index contributed by atoms with van der Waals surface area (Å²) in [7, 11) is 0. The van der Waals surface area contributed by atoms with Gasteiger partial charge in [0, 0.05) is 11.6 Å². The van der Waals surface area contributed by atoms with Gasteiger partial charge in [-0.25, -0.2) is 0 Å². The fourth-order valence-electron chi connectivity index (χ4n) is 1.07. The van der Waals surface area contributed by atoms with Crippen LogP contribution in [0.5, 0.6) is 5.75 Å². The van der Waals surface area contributed by atoms with Crippen LogP contribution in [0.25, 0.3) is 0 Å². The molecule has 0 radical (unpaired) electrons. The Kier molecular flexibility index (Phi) is 5.22. The maximum atomic E-state index is 5.76. The highest BCUT2D eigenvalue weighted by molar-refractivity contribution is 6.30. The number of halogens is 1. The fourth-order valence-corrected chi connectivity index (χ4v) is 1.20. The lowest BCUT2D eigenvalue weighted by molar-refractivity contribution is 0.348. The summed E-state index contributed by atoms with van der Waals surface area (Å²) in [5.74, 6) is 0.817. The molecule has 3 heteroatoms. The molecule has 1 rings (SSSR count). The van der Waals surface area contributed by atoms with Crippen LogP contribution < -0.4 is 10.1 Å². The Bertz CT molecular complexity index is 308. The smallest absolute Gasteiger partial charge is 0.119 e. The first-order valence-electron chi connectivity index (χ1n) is 4.98. The topological polar surface area (TPSA) is 21.3 Å². The molecule has 0 saturated carbocycles. The van der Waals surface area contributed by atoms with Crippen molar-refractivity contribution in [1.82, 2.24) is 5.32 Å². The number of hydrogen-bond donors (Lipinski definition) is 1. The SMILES string of the molecule is C=C(CNCC)COc1ccc(Cl)cc1. The minimum absolute atomic E-state index is 0.536. The number of ether oxygens (including phenoxy) is 1. The second-order valence-corrected chi connectivity index (χ2v) is 3.71. The minimum Gasteiger partial charge on any atom is -0.489 e. The van der Waals surface area contributed by atoms with Crippen LogP contribution in [-0.2, 0) is 0 Å². The third-order valence-corrected chi connectivity index (χ3v) is 2.13. The molecule has 1 aromatic rings. The van der Waals surface area contributed by atoms with E-state index in [-0.39, 0.29) is 0 Å². The molecule has 0 aliphatic carbocycles. The van der Waals surface area contributed by atoms with Crippen molar-refractivity contribution in [2.45, 2.75) is 6.92 Å². The van der Waals surface area contributed by atoms with Crippen molar-refractivity contribution in [3.05, 3.63) is 41.4 Å². The third-order valence-electron chi connectivity index (χ3n) is 1.88. The first-order chi connectivity index (χ1) is 7.22. The van der Waals surface area contributed by atoms with Crippen molar-refractivity contribution in [3.8, 4) is 5.75 Å². The average Bonchev–Trinajstić information content (AvgIpc) is 2.25. The van der Waals surface area contributed by atoms with Gasteiger partial charge in [0.05, 0.1) is 0 Å². The maximum Gasteiger partial charge on any atom is 0.119 e. The molecule has 0 fully saturated rings. The fraction of sp³-hybridized carbons (Fsp3) is 0.333. The van der Waals surface area contributed by atoms with E-state index in [4.69, 9.17) is 16.3 Å². The molecule has 2 nitrogen and oxygen atoms in total.